The van der Waals surface area contributed by atoms with Gasteiger partial charge in [-0.3, -0.25) is 4.79 Å². The van der Waals surface area contributed by atoms with E-state index in [0.29, 0.717) is 10.9 Å². The first-order valence-electron chi connectivity index (χ1n) is 5.35. The Hall–Kier alpha value is -2.28. The van der Waals surface area contributed by atoms with Crippen molar-refractivity contribution in [2.45, 2.75) is 0 Å². The van der Waals surface area contributed by atoms with Gasteiger partial charge in [-0.1, -0.05) is 0 Å². The molecule has 1 amide bonds. The van der Waals surface area contributed by atoms with E-state index in [1.165, 1.54) is 10.8 Å². The molecule has 2 heterocycles. The molecule has 0 aliphatic carbocycles. The SMILES string of the molecule is COc1cc(-c2cnn(/C(S)=C/C(N)=O)c2)ccn1. The molecule has 2 aromatic rings. The van der Waals surface area contributed by atoms with Crippen molar-refractivity contribution in [3.63, 3.8) is 0 Å². The van der Waals surface area contributed by atoms with Crippen molar-refractivity contribution in [2.24, 2.45) is 5.73 Å². The van der Waals surface area contributed by atoms with Crippen LogP contribution in [0, 0.1) is 0 Å². The van der Waals surface area contributed by atoms with Gasteiger partial charge in [0, 0.05) is 30.1 Å². The molecule has 0 saturated heterocycles. The highest BCUT2D eigenvalue weighted by Crippen LogP contribution is 2.22. The fourth-order valence-electron chi connectivity index (χ4n) is 1.49. The molecular formula is C12H12N4O2S. The van der Waals surface area contributed by atoms with E-state index in [1.54, 1.807) is 31.8 Å². The van der Waals surface area contributed by atoms with E-state index in [0.717, 1.165) is 11.1 Å². The minimum absolute atomic E-state index is 0.347. The molecule has 0 atom stereocenters. The summed E-state index contributed by atoms with van der Waals surface area (Å²) >= 11 is 4.15. The molecule has 6 nitrogen and oxygen atoms in total. The molecule has 19 heavy (non-hydrogen) atoms. The monoisotopic (exact) mass is 276 g/mol. The number of nitrogens with zero attached hydrogens (tertiary/aromatic N) is 3. The number of ether oxygens (including phenoxy) is 1. The maximum atomic E-state index is 10.8. The number of methoxy groups -OCH3 is 1. The van der Waals surface area contributed by atoms with E-state index < -0.39 is 5.91 Å². The third kappa shape index (κ3) is 3.14. The lowest BCUT2D eigenvalue weighted by Gasteiger charge is -2.01. The number of hydrogen-bond donors (Lipinski definition) is 2. The summed E-state index contributed by atoms with van der Waals surface area (Å²) in [5, 5.41) is 4.45. The van der Waals surface area contributed by atoms with Crippen molar-refractivity contribution in [1.29, 1.82) is 0 Å². The summed E-state index contributed by atoms with van der Waals surface area (Å²) in [7, 11) is 1.55. The van der Waals surface area contributed by atoms with Crippen molar-refractivity contribution in [1.82, 2.24) is 14.8 Å². The molecule has 0 fully saturated rings. The Labute approximate surface area is 115 Å². The van der Waals surface area contributed by atoms with Gasteiger partial charge in [0.2, 0.25) is 11.8 Å². The normalized spacial score (nSPS) is 11.4. The number of carbonyl (C=O) groups is 1. The number of thiol groups is 1. The Balaban J connectivity index is 2.32. The second kappa shape index (κ2) is 5.57. The molecule has 0 spiro atoms. The molecular weight excluding hydrogens is 264 g/mol. The van der Waals surface area contributed by atoms with Gasteiger partial charge in [0.15, 0.2) is 0 Å². The quantitative estimate of drug-likeness (QED) is 0.648. The van der Waals surface area contributed by atoms with E-state index in [-0.39, 0.29) is 0 Å². The number of carbonyl (C=O) groups excluding carboxylic acids is 1. The molecule has 98 valence electrons. The van der Waals surface area contributed by atoms with Gasteiger partial charge in [-0.05, 0) is 11.6 Å². The standard InChI is InChI=1S/C12H12N4O2S/c1-18-11-4-8(2-3-14-11)9-6-15-16(7-9)12(19)5-10(13)17/h2-7,19H,1H3,(H2,13,17)/b12-5-. The first-order valence-corrected chi connectivity index (χ1v) is 5.80. The summed E-state index contributed by atoms with van der Waals surface area (Å²) in [6.45, 7) is 0. The van der Waals surface area contributed by atoms with Crippen LogP contribution in [0.3, 0.4) is 0 Å². The zero-order valence-electron chi connectivity index (χ0n) is 10.1. The summed E-state index contributed by atoms with van der Waals surface area (Å²) in [5.74, 6) is -0.0587. The van der Waals surface area contributed by atoms with Crippen LogP contribution in [0.1, 0.15) is 0 Å². The summed E-state index contributed by atoms with van der Waals surface area (Å²) in [4.78, 5) is 14.8. The van der Waals surface area contributed by atoms with Crippen LogP contribution in [-0.4, -0.2) is 27.8 Å². The molecule has 0 aromatic carbocycles. The van der Waals surface area contributed by atoms with Crippen molar-refractivity contribution in [2.75, 3.05) is 7.11 Å². The Morgan fingerprint density at radius 2 is 2.32 bits per heavy atom. The summed E-state index contributed by atoms with van der Waals surface area (Å²) in [6.07, 6.45) is 6.22. The molecule has 0 aliphatic heterocycles. The Bertz CT molecular complexity index is 636. The van der Waals surface area contributed by atoms with Gasteiger partial charge in [0.25, 0.3) is 0 Å². The zero-order valence-corrected chi connectivity index (χ0v) is 11.0. The number of primary amides is 1. The van der Waals surface area contributed by atoms with Gasteiger partial charge in [-0.2, -0.15) is 5.10 Å². The third-order valence-corrected chi connectivity index (χ3v) is 2.70. The fourth-order valence-corrected chi connectivity index (χ4v) is 1.73. The van der Waals surface area contributed by atoms with Gasteiger partial charge >= 0.3 is 0 Å². The molecule has 0 unspecified atom stereocenters. The van der Waals surface area contributed by atoms with Crippen molar-refractivity contribution in [3.05, 3.63) is 36.8 Å². The predicted molar refractivity (Wildman–Crippen MR) is 74.5 cm³/mol. The number of rotatable bonds is 4. The molecule has 0 aliphatic rings. The van der Waals surface area contributed by atoms with Crippen LogP contribution >= 0.6 is 12.6 Å². The van der Waals surface area contributed by atoms with Crippen molar-refractivity contribution < 1.29 is 9.53 Å². The van der Waals surface area contributed by atoms with Crippen molar-refractivity contribution in [3.8, 4) is 17.0 Å². The number of nitrogens with two attached hydrogens (primary N) is 1. The van der Waals surface area contributed by atoms with Crippen LogP contribution in [0.2, 0.25) is 0 Å². The van der Waals surface area contributed by atoms with Crippen LogP contribution in [0.15, 0.2) is 36.8 Å². The van der Waals surface area contributed by atoms with Crippen molar-refractivity contribution >= 4 is 23.6 Å². The fraction of sp³-hybridized carbons (Fsp3) is 0.0833. The highest BCUT2D eigenvalue weighted by molar-refractivity contribution is 7.90. The average Bonchev–Trinajstić information content (AvgIpc) is 2.88. The third-order valence-electron chi connectivity index (χ3n) is 2.37. The van der Waals surface area contributed by atoms with E-state index in [4.69, 9.17) is 10.5 Å². The van der Waals surface area contributed by atoms with Gasteiger partial charge in [0.1, 0.15) is 0 Å². The van der Waals surface area contributed by atoms with Gasteiger partial charge in [-0.15, -0.1) is 12.6 Å². The number of pyridine rings is 1. The summed E-state index contributed by atoms with van der Waals surface area (Å²) < 4.78 is 6.51. The number of hydrogen-bond acceptors (Lipinski definition) is 5. The largest absolute Gasteiger partial charge is 0.481 e. The lowest BCUT2D eigenvalue weighted by Crippen LogP contribution is -2.07. The van der Waals surface area contributed by atoms with Gasteiger partial charge in [-0.25, -0.2) is 9.67 Å². The van der Waals surface area contributed by atoms with Crippen LogP contribution in [0.5, 0.6) is 5.88 Å². The minimum atomic E-state index is -0.576. The van der Waals surface area contributed by atoms with Crippen LogP contribution in [-0.2, 0) is 4.79 Å². The lowest BCUT2D eigenvalue weighted by atomic mass is 10.1. The maximum Gasteiger partial charge on any atom is 0.244 e. The first kappa shape index (κ1) is 13.2. The van der Waals surface area contributed by atoms with Gasteiger partial charge < -0.3 is 10.5 Å². The molecule has 0 bridgehead atoms. The smallest absolute Gasteiger partial charge is 0.244 e. The molecule has 2 rings (SSSR count). The van der Waals surface area contributed by atoms with E-state index in [9.17, 15) is 4.79 Å². The molecule has 2 N–H and O–H groups in total. The average molecular weight is 276 g/mol. The Morgan fingerprint density at radius 1 is 1.53 bits per heavy atom. The minimum Gasteiger partial charge on any atom is -0.481 e. The zero-order chi connectivity index (χ0) is 13.8. The highest BCUT2D eigenvalue weighted by atomic mass is 32.1. The van der Waals surface area contributed by atoms with E-state index in [1.807, 2.05) is 6.07 Å². The lowest BCUT2D eigenvalue weighted by molar-refractivity contribution is -0.113. The highest BCUT2D eigenvalue weighted by Gasteiger charge is 2.05. The van der Waals surface area contributed by atoms with E-state index in [2.05, 4.69) is 22.7 Å². The topological polar surface area (TPSA) is 83.0 Å². The van der Waals surface area contributed by atoms with Crippen LogP contribution < -0.4 is 10.5 Å². The van der Waals surface area contributed by atoms with Crippen LogP contribution in [0.25, 0.3) is 16.2 Å². The second-order valence-corrected chi connectivity index (χ2v) is 4.12. The van der Waals surface area contributed by atoms with E-state index >= 15 is 0 Å². The summed E-state index contributed by atoms with van der Waals surface area (Å²) in [6, 6.07) is 3.62. The number of aromatic nitrogens is 3. The predicted octanol–water partition coefficient (Wildman–Crippen LogP) is 1.17. The molecule has 0 radical (unpaired) electrons. The Kier molecular flexibility index (Phi) is 3.86. The first-order chi connectivity index (χ1) is 9.10. The van der Waals surface area contributed by atoms with Gasteiger partial charge in [0.05, 0.1) is 18.3 Å². The number of amides is 1. The molecule has 2 aromatic heterocycles. The second-order valence-electron chi connectivity index (χ2n) is 3.67. The molecule has 0 saturated carbocycles. The maximum absolute atomic E-state index is 10.8. The molecule has 7 heteroatoms. The Morgan fingerprint density at radius 3 is 3.00 bits per heavy atom. The van der Waals surface area contributed by atoms with Crippen LogP contribution in [0.4, 0.5) is 0 Å². The summed E-state index contributed by atoms with van der Waals surface area (Å²) in [5.41, 5.74) is 6.81.